The van der Waals surface area contributed by atoms with Crippen molar-refractivity contribution in [3.8, 4) is 0 Å². The van der Waals surface area contributed by atoms with Crippen LogP contribution in [0.15, 0.2) is 12.7 Å². The van der Waals surface area contributed by atoms with Crippen LogP contribution in [0, 0.1) is 5.92 Å². The molecular formula is C12H16N5O. The second-order valence-electron chi connectivity index (χ2n) is 5.06. The van der Waals surface area contributed by atoms with E-state index in [2.05, 4.69) is 21.9 Å². The van der Waals surface area contributed by atoms with Gasteiger partial charge in [-0.25, -0.2) is 20.1 Å². The lowest BCUT2D eigenvalue weighted by Gasteiger charge is -2.09. The molecule has 1 aliphatic carbocycles. The van der Waals surface area contributed by atoms with E-state index in [0.717, 1.165) is 19.3 Å². The van der Waals surface area contributed by atoms with Crippen molar-refractivity contribution < 1.29 is 5.11 Å². The highest BCUT2D eigenvalue weighted by atomic mass is 16.3. The molecule has 6 heteroatoms. The summed E-state index contributed by atoms with van der Waals surface area (Å²) in [6.07, 6.45) is 5.86. The van der Waals surface area contributed by atoms with E-state index >= 15 is 0 Å². The van der Waals surface area contributed by atoms with Crippen LogP contribution in [0.1, 0.15) is 26.2 Å². The first-order chi connectivity index (χ1) is 8.64. The Morgan fingerprint density at radius 2 is 2.33 bits per heavy atom. The summed E-state index contributed by atoms with van der Waals surface area (Å²) in [4.78, 5) is 12.2. The topological polar surface area (TPSA) is 89.5 Å². The normalized spacial score (nSPS) is 26.7. The average Bonchev–Trinajstić information content (AvgIpc) is 2.79. The fourth-order valence-electron chi connectivity index (χ4n) is 2.57. The number of nitrogen functional groups attached to an aromatic ring is 1. The molecule has 0 unspecified atom stereocenters. The summed E-state index contributed by atoms with van der Waals surface area (Å²) < 4.78 is 1.80. The fourth-order valence-corrected chi connectivity index (χ4v) is 2.57. The molecule has 3 rings (SSSR count). The van der Waals surface area contributed by atoms with Crippen LogP contribution in [0.3, 0.4) is 0 Å². The van der Waals surface area contributed by atoms with Crippen LogP contribution in [0.2, 0.25) is 0 Å². The summed E-state index contributed by atoms with van der Waals surface area (Å²) in [7, 11) is 0. The number of imidazole rings is 1. The lowest BCUT2D eigenvalue weighted by atomic mass is 10.1. The van der Waals surface area contributed by atoms with Gasteiger partial charge in [-0.05, 0) is 18.8 Å². The van der Waals surface area contributed by atoms with E-state index in [1.54, 1.807) is 10.9 Å². The number of aromatic nitrogens is 4. The maximum Gasteiger partial charge on any atom is 0.165 e. The summed E-state index contributed by atoms with van der Waals surface area (Å²) in [6, 6.07) is 0. The van der Waals surface area contributed by atoms with Gasteiger partial charge < -0.3 is 10.3 Å². The molecule has 2 atom stereocenters. The summed E-state index contributed by atoms with van der Waals surface area (Å²) >= 11 is 0. The summed E-state index contributed by atoms with van der Waals surface area (Å²) in [5.41, 5.74) is 6.11. The van der Waals surface area contributed by atoms with Crippen molar-refractivity contribution in [3.05, 3.63) is 12.7 Å². The number of rotatable bonds is 4. The van der Waals surface area contributed by atoms with E-state index in [-0.39, 0.29) is 0 Å². The third kappa shape index (κ3) is 1.73. The van der Waals surface area contributed by atoms with Gasteiger partial charge in [-0.15, -0.1) is 0 Å². The van der Waals surface area contributed by atoms with Crippen molar-refractivity contribution in [2.45, 2.75) is 38.3 Å². The summed E-state index contributed by atoms with van der Waals surface area (Å²) in [6.45, 7) is 2.53. The SMILES string of the molecule is CCC[C@@H]1C[C@]1([O])Cn1cnc2c(N)ncnc21. The first-order valence-corrected chi connectivity index (χ1v) is 6.26. The van der Waals surface area contributed by atoms with E-state index in [0.29, 0.717) is 29.4 Å². The fraction of sp³-hybridized carbons (Fsp3) is 0.583. The molecular weight excluding hydrogens is 230 g/mol. The summed E-state index contributed by atoms with van der Waals surface area (Å²) in [5.74, 6) is 0.652. The van der Waals surface area contributed by atoms with Crippen molar-refractivity contribution in [2.75, 3.05) is 5.73 Å². The third-order valence-electron chi connectivity index (χ3n) is 3.68. The van der Waals surface area contributed by atoms with Gasteiger partial charge in [0.1, 0.15) is 17.4 Å². The number of nitrogens with two attached hydrogens (primary N) is 1. The van der Waals surface area contributed by atoms with Gasteiger partial charge in [-0.1, -0.05) is 13.3 Å². The smallest absolute Gasteiger partial charge is 0.165 e. The van der Waals surface area contributed by atoms with Crippen LogP contribution in [0.25, 0.3) is 11.2 Å². The monoisotopic (exact) mass is 246 g/mol. The molecule has 18 heavy (non-hydrogen) atoms. The maximum absolute atomic E-state index is 12.4. The standard InChI is InChI=1S/C12H16N5O/c1-2-3-8-4-12(8,18)5-17-7-16-9-10(13)14-6-15-11(9)17/h6-8H,2-5H2,1H3,(H2,13,14,15)/t8-,12+/m1/s1. The van der Waals surface area contributed by atoms with Gasteiger partial charge in [0.25, 0.3) is 0 Å². The number of hydrogen-bond acceptors (Lipinski definition) is 4. The Hall–Kier alpha value is -1.69. The van der Waals surface area contributed by atoms with Crippen LogP contribution in [0.4, 0.5) is 5.82 Å². The molecule has 0 aromatic carbocycles. The van der Waals surface area contributed by atoms with Gasteiger partial charge in [0.2, 0.25) is 0 Å². The molecule has 0 saturated heterocycles. The molecule has 95 valence electrons. The Morgan fingerprint density at radius 3 is 3.11 bits per heavy atom. The van der Waals surface area contributed by atoms with Crippen LogP contribution in [-0.2, 0) is 11.7 Å². The molecule has 0 aliphatic heterocycles. The van der Waals surface area contributed by atoms with E-state index < -0.39 is 5.60 Å². The minimum Gasteiger partial charge on any atom is -0.382 e. The number of nitrogens with zero attached hydrogens (tertiary/aromatic N) is 4. The van der Waals surface area contributed by atoms with Gasteiger partial charge in [0, 0.05) is 0 Å². The highest BCUT2D eigenvalue weighted by Gasteiger charge is 2.54. The zero-order chi connectivity index (χ0) is 12.8. The van der Waals surface area contributed by atoms with Gasteiger partial charge in [0.15, 0.2) is 11.5 Å². The molecule has 1 aliphatic rings. The predicted molar refractivity (Wildman–Crippen MR) is 66.2 cm³/mol. The van der Waals surface area contributed by atoms with E-state index in [1.807, 2.05) is 0 Å². The maximum atomic E-state index is 12.4. The van der Waals surface area contributed by atoms with Gasteiger partial charge in [0.05, 0.1) is 12.9 Å². The number of fused-ring (bicyclic) bond motifs is 1. The zero-order valence-electron chi connectivity index (χ0n) is 10.3. The van der Waals surface area contributed by atoms with Crippen LogP contribution < -0.4 is 5.73 Å². The predicted octanol–water partition coefficient (Wildman–Crippen LogP) is 1.40. The van der Waals surface area contributed by atoms with E-state index in [9.17, 15) is 5.11 Å². The lowest BCUT2D eigenvalue weighted by Crippen LogP contribution is -2.18. The van der Waals surface area contributed by atoms with Crippen molar-refractivity contribution in [3.63, 3.8) is 0 Å². The Kier molecular flexibility index (Phi) is 2.48. The quantitative estimate of drug-likeness (QED) is 0.882. The van der Waals surface area contributed by atoms with Gasteiger partial charge in [-0.3, -0.25) is 0 Å². The van der Waals surface area contributed by atoms with Crippen molar-refractivity contribution in [2.24, 2.45) is 5.92 Å². The van der Waals surface area contributed by atoms with Crippen LogP contribution >= 0.6 is 0 Å². The zero-order valence-corrected chi connectivity index (χ0v) is 10.3. The van der Waals surface area contributed by atoms with Crippen LogP contribution in [0.5, 0.6) is 0 Å². The van der Waals surface area contributed by atoms with Crippen molar-refractivity contribution in [1.82, 2.24) is 19.5 Å². The lowest BCUT2D eigenvalue weighted by molar-refractivity contribution is 0.0332. The Morgan fingerprint density at radius 1 is 1.50 bits per heavy atom. The molecule has 0 bridgehead atoms. The highest BCUT2D eigenvalue weighted by molar-refractivity contribution is 5.81. The molecule has 6 nitrogen and oxygen atoms in total. The molecule has 2 aromatic rings. The Balaban J connectivity index is 1.86. The first kappa shape index (κ1) is 11.4. The molecule has 2 heterocycles. The highest BCUT2D eigenvalue weighted by Crippen LogP contribution is 2.48. The number of anilines is 1. The Labute approximate surface area is 105 Å². The van der Waals surface area contributed by atoms with Gasteiger partial charge in [-0.2, -0.15) is 0 Å². The minimum atomic E-state index is -0.844. The largest absolute Gasteiger partial charge is 0.382 e. The van der Waals surface area contributed by atoms with Crippen molar-refractivity contribution in [1.29, 1.82) is 0 Å². The second kappa shape index (κ2) is 3.91. The third-order valence-corrected chi connectivity index (χ3v) is 3.68. The van der Waals surface area contributed by atoms with E-state index in [1.165, 1.54) is 6.33 Å². The summed E-state index contributed by atoms with van der Waals surface area (Å²) in [5, 5.41) is 12.4. The Bertz CT molecular complexity index is 581. The average molecular weight is 246 g/mol. The first-order valence-electron chi connectivity index (χ1n) is 6.26. The molecule has 0 spiro atoms. The molecule has 1 fully saturated rings. The van der Waals surface area contributed by atoms with Crippen LogP contribution in [-0.4, -0.2) is 25.1 Å². The van der Waals surface area contributed by atoms with E-state index in [4.69, 9.17) is 5.73 Å². The molecule has 1 radical (unpaired) electrons. The van der Waals surface area contributed by atoms with Gasteiger partial charge >= 0.3 is 0 Å². The van der Waals surface area contributed by atoms with Crippen molar-refractivity contribution >= 4 is 17.0 Å². The minimum absolute atomic E-state index is 0.291. The molecule has 2 aromatic heterocycles. The molecule has 2 N–H and O–H groups in total. The number of hydrogen-bond donors (Lipinski definition) is 1. The second-order valence-corrected chi connectivity index (χ2v) is 5.06. The molecule has 1 saturated carbocycles. The molecule has 0 amide bonds.